The number of carbonyl (C=O) groups excluding carboxylic acids is 2. The number of alkyl halides is 3. The topological polar surface area (TPSA) is 125 Å². The lowest BCUT2D eigenvalue weighted by Crippen LogP contribution is -2.57. The summed E-state index contributed by atoms with van der Waals surface area (Å²) >= 11 is 0. The summed E-state index contributed by atoms with van der Waals surface area (Å²) in [5.74, 6) is -3.32. The number of aliphatic carboxylic acids is 1. The molecule has 0 saturated heterocycles. The van der Waals surface area contributed by atoms with E-state index >= 15 is 0 Å². The van der Waals surface area contributed by atoms with Gasteiger partial charge in [0.1, 0.15) is 12.6 Å². The second-order valence-corrected chi connectivity index (χ2v) is 8.11. The predicted molar refractivity (Wildman–Crippen MR) is 114 cm³/mol. The number of carboxylic acids is 1. The lowest BCUT2D eigenvalue weighted by Gasteiger charge is -2.26. The number of carboxylic acid groups (broad SMARTS) is 1. The van der Waals surface area contributed by atoms with Crippen molar-refractivity contribution in [1.82, 2.24) is 10.6 Å². The number of aliphatic hydroxyl groups excluding tert-OH is 1. The van der Waals surface area contributed by atoms with Crippen LogP contribution in [0.15, 0.2) is 48.5 Å². The van der Waals surface area contributed by atoms with E-state index in [1.54, 1.807) is 5.32 Å². The lowest BCUT2D eigenvalue weighted by molar-refractivity contribution is -0.162. The smallest absolute Gasteiger partial charge is 0.409 e. The number of amides is 2. The normalized spacial score (nSPS) is 15.4. The maximum Gasteiger partial charge on any atom is 0.409 e. The SMILES string of the molecule is CC(CO)(NC(=O)CC(NC(=O)OCC1c2ccccc2-c2ccccc21)C(F)(F)F)C(=O)O. The summed E-state index contributed by atoms with van der Waals surface area (Å²) in [5.41, 5.74) is 1.47. The van der Waals surface area contributed by atoms with Crippen LogP contribution in [0.4, 0.5) is 18.0 Å². The average Bonchev–Trinajstić information content (AvgIpc) is 3.10. The quantitative estimate of drug-likeness (QED) is 0.461. The molecule has 11 heteroatoms. The molecule has 1 aliphatic carbocycles. The van der Waals surface area contributed by atoms with Gasteiger partial charge in [-0.1, -0.05) is 48.5 Å². The van der Waals surface area contributed by atoms with E-state index in [2.05, 4.69) is 0 Å². The highest BCUT2D eigenvalue weighted by molar-refractivity contribution is 5.87. The van der Waals surface area contributed by atoms with Gasteiger partial charge in [-0.05, 0) is 29.2 Å². The van der Waals surface area contributed by atoms with Crippen LogP contribution in [0.25, 0.3) is 11.1 Å². The molecule has 2 aromatic rings. The van der Waals surface area contributed by atoms with Crippen molar-refractivity contribution in [1.29, 1.82) is 0 Å². The Balaban J connectivity index is 1.66. The fraction of sp³-hybridized carbons (Fsp3) is 0.348. The van der Waals surface area contributed by atoms with Gasteiger partial charge < -0.3 is 25.6 Å². The average molecular weight is 480 g/mol. The van der Waals surface area contributed by atoms with E-state index in [4.69, 9.17) is 14.9 Å². The summed E-state index contributed by atoms with van der Waals surface area (Å²) in [6.07, 6.45) is -7.68. The molecule has 182 valence electrons. The summed E-state index contributed by atoms with van der Waals surface area (Å²) in [6.45, 7) is -0.322. The lowest BCUT2D eigenvalue weighted by atomic mass is 9.98. The Bertz CT molecular complexity index is 1040. The number of nitrogens with one attached hydrogen (secondary N) is 2. The third-order valence-electron chi connectivity index (χ3n) is 5.62. The molecule has 2 aromatic carbocycles. The molecule has 0 saturated carbocycles. The van der Waals surface area contributed by atoms with Crippen molar-refractivity contribution in [2.75, 3.05) is 13.2 Å². The van der Waals surface area contributed by atoms with Gasteiger partial charge in [-0.3, -0.25) is 4.79 Å². The number of benzene rings is 2. The fourth-order valence-electron chi connectivity index (χ4n) is 3.74. The second kappa shape index (κ2) is 9.72. The first-order valence-corrected chi connectivity index (χ1v) is 10.3. The van der Waals surface area contributed by atoms with Crippen LogP contribution in [0.5, 0.6) is 0 Å². The van der Waals surface area contributed by atoms with Gasteiger partial charge in [0.25, 0.3) is 0 Å². The predicted octanol–water partition coefficient (Wildman–Crippen LogP) is 2.80. The minimum absolute atomic E-state index is 0.224. The van der Waals surface area contributed by atoms with Crippen molar-refractivity contribution >= 4 is 18.0 Å². The summed E-state index contributed by atoms with van der Waals surface area (Å²) in [6, 6.07) is 12.2. The van der Waals surface area contributed by atoms with Crippen LogP contribution in [0.3, 0.4) is 0 Å². The van der Waals surface area contributed by atoms with E-state index in [0.29, 0.717) is 0 Å². The maximum atomic E-state index is 13.4. The molecule has 0 radical (unpaired) electrons. The molecule has 2 unspecified atom stereocenters. The van der Waals surface area contributed by atoms with Crippen LogP contribution in [0, 0.1) is 0 Å². The van der Waals surface area contributed by atoms with Crippen LogP contribution in [0.1, 0.15) is 30.4 Å². The van der Waals surface area contributed by atoms with Crippen LogP contribution < -0.4 is 10.6 Å². The summed E-state index contributed by atoms with van der Waals surface area (Å²) < 4.78 is 45.4. The molecule has 3 rings (SSSR count). The molecule has 0 aliphatic heterocycles. The Morgan fingerprint density at radius 2 is 1.56 bits per heavy atom. The Kier molecular flexibility index (Phi) is 7.15. The number of fused-ring (bicyclic) bond motifs is 3. The van der Waals surface area contributed by atoms with E-state index in [0.717, 1.165) is 29.2 Å². The van der Waals surface area contributed by atoms with Gasteiger partial charge in [-0.15, -0.1) is 0 Å². The summed E-state index contributed by atoms with van der Waals surface area (Å²) in [4.78, 5) is 35.4. The van der Waals surface area contributed by atoms with Crippen LogP contribution in [-0.2, 0) is 14.3 Å². The molecule has 34 heavy (non-hydrogen) atoms. The van der Waals surface area contributed by atoms with Gasteiger partial charge in [-0.25, -0.2) is 9.59 Å². The fourth-order valence-corrected chi connectivity index (χ4v) is 3.74. The number of hydrogen-bond donors (Lipinski definition) is 4. The zero-order valence-electron chi connectivity index (χ0n) is 18.1. The van der Waals surface area contributed by atoms with Crippen molar-refractivity contribution in [3.63, 3.8) is 0 Å². The summed E-state index contributed by atoms with van der Waals surface area (Å²) in [5, 5.41) is 21.7. The minimum Gasteiger partial charge on any atom is -0.479 e. The second-order valence-electron chi connectivity index (χ2n) is 8.11. The van der Waals surface area contributed by atoms with E-state index < -0.39 is 48.8 Å². The third kappa shape index (κ3) is 5.30. The Labute approximate surface area is 192 Å². The Morgan fingerprint density at radius 1 is 1.03 bits per heavy atom. The van der Waals surface area contributed by atoms with Gasteiger partial charge in [0, 0.05) is 5.92 Å². The third-order valence-corrected chi connectivity index (χ3v) is 5.62. The van der Waals surface area contributed by atoms with Crippen molar-refractivity contribution in [2.45, 2.75) is 37.0 Å². The van der Waals surface area contributed by atoms with Gasteiger partial charge >= 0.3 is 18.2 Å². The first-order chi connectivity index (χ1) is 16.0. The van der Waals surface area contributed by atoms with Crippen LogP contribution in [-0.4, -0.2) is 59.2 Å². The molecule has 8 nitrogen and oxygen atoms in total. The highest BCUT2D eigenvalue weighted by Gasteiger charge is 2.44. The van der Waals surface area contributed by atoms with Gasteiger partial charge in [0.05, 0.1) is 13.0 Å². The van der Waals surface area contributed by atoms with Crippen LogP contribution >= 0.6 is 0 Å². The number of carbonyl (C=O) groups is 3. The number of alkyl carbamates (subject to hydrolysis) is 1. The molecular formula is C23H23F3N2O6. The highest BCUT2D eigenvalue weighted by Crippen LogP contribution is 2.44. The Morgan fingerprint density at radius 3 is 2.03 bits per heavy atom. The van der Waals surface area contributed by atoms with Gasteiger partial charge in [-0.2, -0.15) is 13.2 Å². The highest BCUT2D eigenvalue weighted by atomic mass is 19.4. The number of ether oxygens (including phenoxy) is 1. The van der Waals surface area contributed by atoms with Crippen molar-refractivity contribution in [3.05, 3.63) is 59.7 Å². The first-order valence-electron chi connectivity index (χ1n) is 10.3. The van der Waals surface area contributed by atoms with Crippen molar-refractivity contribution in [2.24, 2.45) is 0 Å². The molecule has 2 amide bonds. The molecule has 0 spiro atoms. The molecule has 0 aromatic heterocycles. The van der Waals surface area contributed by atoms with E-state index in [9.17, 15) is 27.6 Å². The molecule has 0 heterocycles. The Hall–Kier alpha value is -3.60. The van der Waals surface area contributed by atoms with E-state index in [1.165, 1.54) is 0 Å². The van der Waals surface area contributed by atoms with Gasteiger partial charge in [0.2, 0.25) is 5.91 Å². The van der Waals surface area contributed by atoms with Crippen LogP contribution in [0.2, 0.25) is 0 Å². The number of hydrogen-bond acceptors (Lipinski definition) is 5. The zero-order valence-corrected chi connectivity index (χ0v) is 18.1. The van der Waals surface area contributed by atoms with Crippen molar-refractivity contribution in [3.8, 4) is 11.1 Å². The number of rotatable bonds is 8. The van der Waals surface area contributed by atoms with Gasteiger partial charge in [0.15, 0.2) is 5.54 Å². The zero-order chi connectivity index (χ0) is 25.1. The van der Waals surface area contributed by atoms with E-state index in [-0.39, 0.29) is 12.5 Å². The largest absolute Gasteiger partial charge is 0.479 e. The number of halogens is 3. The molecular weight excluding hydrogens is 457 g/mol. The summed E-state index contributed by atoms with van der Waals surface area (Å²) in [7, 11) is 0. The molecule has 2 atom stereocenters. The molecule has 1 aliphatic rings. The first kappa shape index (κ1) is 25.0. The standard InChI is InChI=1S/C23H23F3N2O6/c1-22(12-29,20(31)32)28-19(30)10-18(23(24,25)26)27-21(33)34-11-17-15-8-4-2-6-13(15)14-7-3-5-9-16(14)17/h2-9,17-18,29H,10-12H2,1H3,(H,27,33)(H,28,30)(H,31,32). The minimum atomic E-state index is -5.01. The van der Waals surface area contributed by atoms with E-state index in [1.807, 2.05) is 53.8 Å². The molecule has 4 N–H and O–H groups in total. The molecule has 0 bridgehead atoms. The number of aliphatic hydroxyl groups is 1. The monoisotopic (exact) mass is 480 g/mol. The maximum absolute atomic E-state index is 13.4. The van der Waals surface area contributed by atoms with Crippen molar-refractivity contribution < 1.29 is 42.5 Å². The molecule has 0 fully saturated rings.